The molecule has 0 saturated heterocycles. The number of hydrogen-bond acceptors (Lipinski definition) is 1. The van der Waals surface area contributed by atoms with Crippen LogP contribution in [0.3, 0.4) is 0 Å². The van der Waals surface area contributed by atoms with Crippen LogP contribution in [-0.2, 0) is 5.41 Å². The van der Waals surface area contributed by atoms with Crippen molar-refractivity contribution >= 4 is 49.6 Å². The first-order chi connectivity index (χ1) is 25.5. The molecule has 0 saturated carbocycles. The molecule has 0 amide bonds. The van der Waals surface area contributed by atoms with Gasteiger partial charge in [0.05, 0.1) is 11.0 Å². The fourth-order valence-electron chi connectivity index (χ4n) is 8.50. The molecule has 0 fully saturated rings. The van der Waals surface area contributed by atoms with Crippen LogP contribution in [0.25, 0.3) is 60.5 Å². The van der Waals surface area contributed by atoms with Crippen LogP contribution in [-0.4, -0.2) is 4.57 Å². The van der Waals surface area contributed by atoms with Gasteiger partial charge >= 0.3 is 0 Å². The molecule has 3 heteroatoms. The number of halogens is 1. The molecule has 1 aliphatic carbocycles. The topological polar surface area (TPSA) is 8.17 Å². The quantitative estimate of drug-likeness (QED) is 0.177. The van der Waals surface area contributed by atoms with Gasteiger partial charge in [0.25, 0.3) is 0 Å². The van der Waals surface area contributed by atoms with Crippen LogP contribution < -0.4 is 4.90 Å². The Morgan fingerprint density at radius 3 is 1.92 bits per heavy atom. The van der Waals surface area contributed by atoms with E-state index >= 15 is 0 Å². The Morgan fingerprint density at radius 2 is 1.12 bits per heavy atom. The Morgan fingerprint density at radius 1 is 0.481 bits per heavy atom. The van der Waals surface area contributed by atoms with E-state index in [1.165, 1.54) is 67.0 Å². The van der Waals surface area contributed by atoms with E-state index in [1.807, 2.05) is 12.1 Å². The maximum Gasteiger partial charge on any atom is 0.123 e. The summed E-state index contributed by atoms with van der Waals surface area (Å²) >= 11 is 0. The highest BCUT2D eigenvalue weighted by atomic mass is 19.1. The summed E-state index contributed by atoms with van der Waals surface area (Å²) in [5.74, 6) is -0.249. The van der Waals surface area contributed by atoms with Gasteiger partial charge in [-0.05, 0) is 123 Å². The summed E-state index contributed by atoms with van der Waals surface area (Å²) in [5.41, 5.74) is 13.9. The van der Waals surface area contributed by atoms with Crippen molar-refractivity contribution in [3.63, 3.8) is 0 Å². The highest BCUT2D eigenvalue weighted by molar-refractivity contribution is 6.21. The predicted octanol–water partition coefficient (Wildman–Crippen LogP) is 13.5. The fraction of sp³-hybridized carbons (Fsp3) is 0.0612. The molecule has 0 radical (unpaired) electrons. The molecule has 248 valence electrons. The average Bonchev–Trinajstić information content (AvgIpc) is 3.64. The smallest absolute Gasteiger partial charge is 0.123 e. The predicted molar refractivity (Wildman–Crippen MR) is 216 cm³/mol. The summed E-state index contributed by atoms with van der Waals surface area (Å²) in [4.78, 5) is 2.23. The second kappa shape index (κ2) is 11.5. The molecule has 52 heavy (non-hydrogen) atoms. The molecule has 9 aromatic rings. The van der Waals surface area contributed by atoms with Gasteiger partial charge in [-0.3, -0.25) is 0 Å². The molecule has 0 atom stereocenters. The first-order valence-corrected chi connectivity index (χ1v) is 17.9. The Kier molecular flexibility index (Phi) is 6.74. The summed E-state index contributed by atoms with van der Waals surface area (Å²) in [6.45, 7) is 4.60. The lowest BCUT2D eigenvalue weighted by atomic mass is 9.82. The first kappa shape index (κ1) is 30.4. The second-order valence-electron chi connectivity index (χ2n) is 14.3. The van der Waals surface area contributed by atoms with Crippen molar-refractivity contribution in [2.24, 2.45) is 0 Å². The van der Waals surface area contributed by atoms with Crippen molar-refractivity contribution in [2.45, 2.75) is 19.3 Å². The molecule has 0 unspecified atom stereocenters. The molecule has 0 aliphatic heterocycles. The van der Waals surface area contributed by atoms with Gasteiger partial charge in [0.2, 0.25) is 0 Å². The van der Waals surface area contributed by atoms with Crippen molar-refractivity contribution in [1.29, 1.82) is 0 Å². The van der Waals surface area contributed by atoms with Crippen molar-refractivity contribution in [3.05, 3.63) is 193 Å². The van der Waals surface area contributed by atoms with Crippen LogP contribution in [0, 0.1) is 5.82 Å². The minimum Gasteiger partial charge on any atom is -0.310 e. The van der Waals surface area contributed by atoms with Crippen molar-refractivity contribution < 1.29 is 4.39 Å². The summed E-state index contributed by atoms with van der Waals surface area (Å²) in [7, 11) is 0. The number of anilines is 3. The fourth-order valence-corrected chi connectivity index (χ4v) is 8.50. The van der Waals surface area contributed by atoms with Crippen molar-refractivity contribution in [1.82, 2.24) is 4.57 Å². The number of aromatic nitrogens is 1. The molecule has 0 spiro atoms. The zero-order valence-electron chi connectivity index (χ0n) is 29.0. The number of para-hydroxylation sites is 1. The third kappa shape index (κ3) is 4.63. The Hall–Kier alpha value is -6.45. The molecule has 1 heterocycles. The van der Waals surface area contributed by atoms with E-state index in [0.29, 0.717) is 0 Å². The van der Waals surface area contributed by atoms with Gasteiger partial charge in [0, 0.05) is 38.9 Å². The summed E-state index contributed by atoms with van der Waals surface area (Å²) in [5, 5.41) is 4.98. The highest BCUT2D eigenvalue weighted by Gasteiger charge is 2.35. The Labute approximate surface area is 302 Å². The number of benzene rings is 8. The van der Waals surface area contributed by atoms with Gasteiger partial charge in [-0.25, -0.2) is 4.39 Å². The molecule has 1 aliphatic rings. The minimum atomic E-state index is -0.249. The molecular formula is C49H35FN2. The van der Waals surface area contributed by atoms with Crippen LogP contribution in [0.5, 0.6) is 0 Å². The summed E-state index contributed by atoms with van der Waals surface area (Å²) in [6, 6.07) is 61.6. The Balaban J connectivity index is 1.10. The van der Waals surface area contributed by atoms with Crippen LogP contribution in [0.4, 0.5) is 21.5 Å². The molecule has 2 nitrogen and oxygen atoms in total. The SMILES string of the molecule is CC1(C)c2ccccc2-c2ccc(N(c3ccc(F)cc3)c3ccc(-c4ccc5c(c4)c4c6ccccc6ccc4n5-c4ccccc4)cc3)cc21. The van der Waals surface area contributed by atoms with Crippen LogP contribution in [0.1, 0.15) is 25.0 Å². The van der Waals surface area contributed by atoms with Crippen molar-refractivity contribution in [3.8, 4) is 27.9 Å². The van der Waals surface area contributed by atoms with Gasteiger partial charge in [-0.15, -0.1) is 0 Å². The minimum absolute atomic E-state index is 0.131. The van der Waals surface area contributed by atoms with E-state index in [0.717, 1.165) is 33.9 Å². The largest absolute Gasteiger partial charge is 0.310 e. The van der Waals surface area contributed by atoms with Gasteiger partial charge in [-0.1, -0.05) is 111 Å². The molecule has 0 bridgehead atoms. The lowest BCUT2D eigenvalue weighted by molar-refractivity contribution is 0.628. The van der Waals surface area contributed by atoms with E-state index in [9.17, 15) is 4.39 Å². The molecular weight excluding hydrogens is 636 g/mol. The van der Waals surface area contributed by atoms with E-state index in [4.69, 9.17) is 0 Å². The molecule has 0 N–H and O–H groups in total. The number of rotatable bonds is 5. The Bertz CT molecular complexity index is 2810. The maximum absolute atomic E-state index is 14.2. The van der Waals surface area contributed by atoms with Gasteiger partial charge < -0.3 is 9.47 Å². The van der Waals surface area contributed by atoms with E-state index in [1.54, 1.807) is 0 Å². The molecule has 8 aromatic carbocycles. The van der Waals surface area contributed by atoms with Gasteiger partial charge in [-0.2, -0.15) is 0 Å². The average molecular weight is 671 g/mol. The standard InChI is InChI=1S/C49H35FN2/c1-49(2)44-15-9-8-14-41(44)42-27-26-39(31-45(42)49)51(38-24-20-35(50)21-25-38)37-22-16-32(17-23-37)34-19-28-46-43(30-34)48-40-13-7-6-10-33(40)18-29-47(48)52(46)36-11-4-3-5-12-36/h3-31H,1-2H3. The van der Waals surface area contributed by atoms with Gasteiger partial charge in [0.1, 0.15) is 5.82 Å². The van der Waals surface area contributed by atoms with E-state index in [2.05, 4.69) is 175 Å². The monoisotopic (exact) mass is 670 g/mol. The van der Waals surface area contributed by atoms with Crippen LogP contribution in [0.2, 0.25) is 0 Å². The summed E-state index contributed by atoms with van der Waals surface area (Å²) in [6.07, 6.45) is 0. The third-order valence-electron chi connectivity index (χ3n) is 11.0. The van der Waals surface area contributed by atoms with Crippen molar-refractivity contribution in [2.75, 3.05) is 4.90 Å². The highest BCUT2D eigenvalue weighted by Crippen LogP contribution is 2.50. The maximum atomic E-state index is 14.2. The third-order valence-corrected chi connectivity index (χ3v) is 11.0. The zero-order valence-corrected chi connectivity index (χ0v) is 29.0. The summed E-state index contributed by atoms with van der Waals surface area (Å²) < 4.78 is 16.6. The normalized spacial score (nSPS) is 13.1. The lowest BCUT2D eigenvalue weighted by Crippen LogP contribution is -2.16. The van der Waals surface area contributed by atoms with E-state index in [-0.39, 0.29) is 11.2 Å². The molecule has 10 rings (SSSR count). The number of fused-ring (bicyclic) bond motifs is 8. The zero-order chi connectivity index (χ0) is 35.0. The van der Waals surface area contributed by atoms with Gasteiger partial charge in [0.15, 0.2) is 0 Å². The second-order valence-corrected chi connectivity index (χ2v) is 14.3. The lowest BCUT2D eigenvalue weighted by Gasteiger charge is -2.28. The van der Waals surface area contributed by atoms with Crippen LogP contribution >= 0.6 is 0 Å². The number of hydrogen-bond donors (Lipinski definition) is 0. The van der Waals surface area contributed by atoms with Crippen LogP contribution in [0.15, 0.2) is 176 Å². The number of nitrogens with zero attached hydrogens (tertiary/aromatic N) is 2. The van der Waals surface area contributed by atoms with E-state index < -0.39 is 0 Å². The first-order valence-electron chi connectivity index (χ1n) is 17.9. The molecule has 1 aromatic heterocycles.